The van der Waals surface area contributed by atoms with E-state index >= 15 is 0 Å². The summed E-state index contributed by atoms with van der Waals surface area (Å²) in [6, 6.07) is 2.11. The number of nitrogens with zero attached hydrogens (tertiary/aromatic N) is 2. The first-order chi connectivity index (χ1) is 8.63. The van der Waals surface area contributed by atoms with Crippen molar-refractivity contribution in [2.24, 2.45) is 0 Å². The zero-order chi connectivity index (χ0) is 13.0. The Hall–Kier alpha value is -0.910. The Balaban J connectivity index is 2.06. The molecule has 102 valence electrons. The summed E-state index contributed by atoms with van der Waals surface area (Å²) >= 11 is 0. The van der Waals surface area contributed by atoms with Crippen molar-refractivity contribution in [2.45, 2.75) is 44.9 Å². The van der Waals surface area contributed by atoms with Gasteiger partial charge in [0.15, 0.2) is 0 Å². The Morgan fingerprint density at radius 2 is 2.50 bits per heavy atom. The number of hydrogen-bond donors (Lipinski definition) is 2. The predicted molar refractivity (Wildman–Crippen MR) is 69.3 cm³/mol. The Morgan fingerprint density at radius 1 is 1.67 bits per heavy atom. The highest BCUT2D eigenvalue weighted by Gasteiger charge is 2.31. The van der Waals surface area contributed by atoms with Crippen LogP contribution in [0.5, 0.6) is 0 Å². The van der Waals surface area contributed by atoms with Gasteiger partial charge in [0.2, 0.25) is 0 Å². The largest absolute Gasteiger partial charge is 0.384 e. The molecule has 2 rings (SSSR count). The predicted octanol–water partition coefficient (Wildman–Crippen LogP) is 0.879. The molecule has 0 spiro atoms. The number of hydrogen-bond acceptors (Lipinski definition) is 4. The third-order valence-corrected chi connectivity index (χ3v) is 3.35. The van der Waals surface area contributed by atoms with Crippen molar-refractivity contribution in [3.63, 3.8) is 0 Å². The fourth-order valence-electron chi connectivity index (χ4n) is 2.52. The van der Waals surface area contributed by atoms with Gasteiger partial charge >= 0.3 is 0 Å². The van der Waals surface area contributed by atoms with E-state index in [2.05, 4.69) is 17.3 Å². The Morgan fingerprint density at radius 3 is 3.17 bits per heavy atom. The van der Waals surface area contributed by atoms with Crippen LogP contribution in [0, 0.1) is 0 Å². The van der Waals surface area contributed by atoms with Crippen LogP contribution >= 0.6 is 0 Å². The number of ether oxygens (including phenoxy) is 1. The van der Waals surface area contributed by atoms with Crippen LogP contribution in [0.2, 0.25) is 0 Å². The highest BCUT2D eigenvalue weighted by molar-refractivity contribution is 5.11. The van der Waals surface area contributed by atoms with Gasteiger partial charge in [0.05, 0.1) is 18.9 Å². The summed E-state index contributed by atoms with van der Waals surface area (Å²) in [5, 5.41) is 18.3. The van der Waals surface area contributed by atoms with Crippen LogP contribution in [-0.2, 0) is 16.9 Å². The zero-order valence-electron chi connectivity index (χ0n) is 11.2. The van der Waals surface area contributed by atoms with Crippen LogP contribution < -0.4 is 5.32 Å². The summed E-state index contributed by atoms with van der Waals surface area (Å²) in [5.74, 6) is 0. The number of aliphatic hydroxyl groups is 1. The molecule has 0 amide bonds. The van der Waals surface area contributed by atoms with Gasteiger partial charge in [-0.1, -0.05) is 6.92 Å². The van der Waals surface area contributed by atoms with E-state index in [9.17, 15) is 5.11 Å². The molecule has 2 atom stereocenters. The van der Waals surface area contributed by atoms with E-state index in [4.69, 9.17) is 4.74 Å². The number of morpholine rings is 1. The second kappa shape index (κ2) is 5.82. The molecule has 1 aliphatic rings. The molecule has 2 N–H and O–H groups in total. The highest BCUT2D eigenvalue weighted by Crippen LogP contribution is 2.26. The van der Waals surface area contributed by atoms with Gasteiger partial charge in [0.25, 0.3) is 0 Å². The maximum absolute atomic E-state index is 10.7. The van der Waals surface area contributed by atoms with Crippen molar-refractivity contribution in [2.75, 3.05) is 19.8 Å². The summed E-state index contributed by atoms with van der Waals surface area (Å²) in [6.45, 7) is 7.08. The van der Waals surface area contributed by atoms with Crippen LogP contribution in [0.25, 0.3) is 0 Å². The first-order valence-electron chi connectivity index (χ1n) is 6.69. The zero-order valence-corrected chi connectivity index (χ0v) is 11.2. The number of rotatable bonds is 5. The normalized spacial score (nSPS) is 23.8. The number of nitrogens with one attached hydrogen (secondary N) is 1. The second-order valence-corrected chi connectivity index (χ2v) is 5.14. The third kappa shape index (κ3) is 3.10. The topological polar surface area (TPSA) is 59.3 Å². The molecule has 5 heteroatoms. The van der Waals surface area contributed by atoms with Crippen molar-refractivity contribution >= 4 is 0 Å². The summed E-state index contributed by atoms with van der Waals surface area (Å²) in [4.78, 5) is 0. The second-order valence-electron chi connectivity index (χ2n) is 5.14. The Bertz CT molecular complexity index is 370. The van der Waals surface area contributed by atoms with Gasteiger partial charge in [-0.3, -0.25) is 4.68 Å². The van der Waals surface area contributed by atoms with E-state index in [1.165, 1.54) is 0 Å². The van der Waals surface area contributed by atoms with Crippen molar-refractivity contribution in [3.8, 4) is 0 Å². The standard InChI is InChI=1S/C13H23N3O2/c1-3-7-16-12(4-5-15-16)13(2,17)9-11-10-18-8-6-14-11/h4-5,11,14,17H,3,6-10H2,1-2H3. The minimum Gasteiger partial charge on any atom is -0.384 e. The Labute approximate surface area is 108 Å². The third-order valence-electron chi connectivity index (χ3n) is 3.35. The molecular formula is C13H23N3O2. The van der Waals surface area contributed by atoms with Crippen molar-refractivity contribution in [1.82, 2.24) is 15.1 Å². The maximum atomic E-state index is 10.7. The van der Waals surface area contributed by atoms with Crippen LogP contribution in [0.4, 0.5) is 0 Å². The van der Waals surface area contributed by atoms with Gasteiger partial charge in [-0.2, -0.15) is 5.10 Å². The van der Waals surface area contributed by atoms with Crippen LogP contribution in [0.1, 0.15) is 32.4 Å². The molecule has 0 radical (unpaired) electrons. The van der Waals surface area contributed by atoms with E-state index < -0.39 is 5.60 Å². The number of aryl methyl sites for hydroxylation is 1. The van der Waals surface area contributed by atoms with Gasteiger partial charge in [0.1, 0.15) is 5.60 Å². The number of aromatic nitrogens is 2. The Kier molecular flexibility index (Phi) is 4.37. The van der Waals surface area contributed by atoms with Gasteiger partial charge in [0, 0.05) is 25.3 Å². The molecule has 0 aliphatic carbocycles. The van der Waals surface area contributed by atoms with E-state index in [-0.39, 0.29) is 6.04 Å². The maximum Gasteiger partial charge on any atom is 0.105 e. The lowest BCUT2D eigenvalue weighted by Gasteiger charge is -2.31. The first kappa shape index (κ1) is 13.5. The molecular weight excluding hydrogens is 230 g/mol. The molecule has 5 nitrogen and oxygen atoms in total. The van der Waals surface area contributed by atoms with Gasteiger partial charge in [-0.25, -0.2) is 0 Å². The highest BCUT2D eigenvalue weighted by atomic mass is 16.5. The van der Waals surface area contributed by atoms with Crippen molar-refractivity contribution in [3.05, 3.63) is 18.0 Å². The minimum atomic E-state index is -0.871. The van der Waals surface area contributed by atoms with Gasteiger partial charge in [-0.05, 0) is 25.8 Å². The van der Waals surface area contributed by atoms with Gasteiger partial charge < -0.3 is 15.2 Å². The summed E-state index contributed by atoms with van der Waals surface area (Å²) in [7, 11) is 0. The molecule has 1 aromatic rings. The average Bonchev–Trinajstić information content (AvgIpc) is 2.79. The molecule has 2 unspecified atom stereocenters. The lowest BCUT2D eigenvalue weighted by molar-refractivity contribution is -0.00243. The van der Waals surface area contributed by atoms with Crippen molar-refractivity contribution < 1.29 is 9.84 Å². The molecule has 18 heavy (non-hydrogen) atoms. The van der Waals surface area contributed by atoms with E-state index in [0.717, 1.165) is 31.8 Å². The van der Waals surface area contributed by atoms with Crippen LogP contribution in [0.15, 0.2) is 12.3 Å². The lowest BCUT2D eigenvalue weighted by atomic mass is 9.93. The SMILES string of the molecule is CCCn1nccc1C(C)(O)CC1COCCN1. The smallest absolute Gasteiger partial charge is 0.105 e. The fraction of sp³-hybridized carbons (Fsp3) is 0.769. The molecule has 1 aliphatic heterocycles. The van der Waals surface area contributed by atoms with Crippen LogP contribution in [0.3, 0.4) is 0 Å². The average molecular weight is 253 g/mol. The van der Waals surface area contributed by atoms with Crippen molar-refractivity contribution in [1.29, 1.82) is 0 Å². The molecule has 2 heterocycles. The summed E-state index contributed by atoms with van der Waals surface area (Å²) in [5.41, 5.74) is 0.0149. The molecule has 1 fully saturated rings. The van der Waals surface area contributed by atoms with Gasteiger partial charge in [-0.15, -0.1) is 0 Å². The molecule has 1 aromatic heterocycles. The quantitative estimate of drug-likeness (QED) is 0.818. The molecule has 1 saturated heterocycles. The lowest BCUT2D eigenvalue weighted by Crippen LogP contribution is -2.45. The summed E-state index contributed by atoms with van der Waals surface area (Å²) < 4.78 is 7.32. The van der Waals surface area contributed by atoms with E-state index in [0.29, 0.717) is 13.0 Å². The minimum absolute atomic E-state index is 0.207. The molecule has 0 saturated carbocycles. The van der Waals surface area contributed by atoms with E-state index in [1.807, 2.05) is 17.7 Å². The molecule has 0 aromatic carbocycles. The monoisotopic (exact) mass is 253 g/mol. The fourth-order valence-corrected chi connectivity index (χ4v) is 2.52. The summed E-state index contributed by atoms with van der Waals surface area (Å²) in [6.07, 6.45) is 3.40. The van der Waals surface area contributed by atoms with E-state index in [1.54, 1.807) is 6.20 Å². The van der Waals surface area contributed by atoms with Crippen LogP contribution in [-0.4, -0.2) is 40.7 Å². The molecule has 0 bridgehead atoms. The first-order valence-corrected chi connectivity index (χ1v) is 6.69.